The molecule has 3 rings (SSSR count). The minimum Gasteiger partial charge on any atom is -0.454 e. The standard InChI is InChI=1S/C26H29Cl2FN4O3Si/c1-5-18-6-7-19(22(29)24(18)36-21-11-17(13-30)10-20(27)12-21)14-31-26(34)23-25(28)33(15-32-23)16-35-8-9-37(2,3)4/h6-7,10-12,15H,5,8-9,14,16H2,1-4H3,(H,31,34). The third kappa shape index (κ3) is 7.79. The number of rotatable bonds is 11. The van der Waals surface area contributed by atoms with E-state index in [9.17, 15) is 10.1 Å². The number of hydrogen-bond donors (Lipinski definition) is 1. The first-order valence-electron chi connectivity index (χ1n) is 11.8. The Morgan fingerprint density at radius 3 is 2.62 bits per heavy atom. The second kappa shape index (κ2) is 12.6. The summed E-state index contributed by atoms with van der Waals surface area (Å²) >= 11 is 12.4. The first-order chi connectivity index (χ1) is 17.5. The molecule has 3 aromatic rings. The van der Waals surface area contributed by atoms with Gasteiger partial charge in [-0.15, -0.1) is 0 Å². The highest BCUT2D eigenvalue weighted by Crippen LogP contribution is 2.33. The van der Waals surface area contributed by atoms with Crippen LogP contribution in [-0.2, 0) is 24.4 Å². The lowest BCUT2D eigenvalue weighted by Gasteiger charge is -2.15. The summed E-state index contributed by atoms with van der Waals surface area (Å²) < 4.78 is 28.5. The van der Waals surface area contributed by atoms with Gasteiger partial charge >= 0.3 is 0 Å². The number of amides is 1. The molecule has 1 N–H and O–H groups in total. The van der Waals surface area contributed by atoms with E-state index in [4.69, 9.17) is 32.7 Å². The van der Waals surface area contributed by atoms with Gasteiger partial charge in [-0.3, -0.25) is 9.36 Å². The SMILES string of the molecule is CCc1ccc(CNC(=O)c2ncn(COCC[Si](C)(C)C)c2Cl)c(F)c1Oc1cc(Cl)cc(C#N)c1. The molecule has 0 aliphatic heterocycles. The summed E-state index contributed by atoms with van der Waals surface area (Å²) in [5, 5.41) is 12.3. The molecule has 0 radical (unpaired) electrons. The van der Waals surface area contributed by atoms with Crippen molar-refractivity contribution in [2.75, 3.05) is 6.61 Å². The minimum absolute atomic E-state index is 0.0122. The molecule has 0 bridgehead atoms. The maximum absolute atomic E-state index is 15.4. The molecular weight excluding hydrogens is 534 g/mol. The van der Waals surface area contributed by atoms with E-state index in [0.717, 1.165) is 6.04 Å². The summed E-state index contributed by atoms with van der Waals surface area (Å²) in [6, 6.07) is 10.8. The number of nitrogens with zero attached hydrogens (tertiary/aromatic N) is 3. The highest BCUT2D eigenvalue weighted by atomic mass is 35.5. The number of aromatic nitrogens is 2. The monoisotopic (exact) mass is 562 g/mol. The molecule has 7 nitrogen and oxygen atoms in total. The van der Waals surface area contributed by atoms with E-state index in [1.807, 2.05) is 13.0 Å². The molecular formula is C26H29Cl2FN4O3Si. The van der Waals surface area contributed by atoms with Crippen LogP contribution in [0, 0.1) is 17.1 Å². The summed E-state index contributed by atoms with van der Waals surface area (Å²) in [5.74, 6) is -0.909. The average Bonchev–Trinajstić information content (AvgIpc) is 3.21. The predicted octanol–water partition coefficient (Wildman–Crippen LogP) is 6.80. The van der Waals surface area contributed by atoms with Crippen LogP contribution in [0.1, 0.15) is 34.1 Å². The minimum atomic E-state index is -1.21. The Morgan fingerprint density at radius 2 is 1.95 bits per heavy atom. The topological polar surface area (TPSA) is 89.2 Å². The number of ether oxygens (including phenoxy) is 2. The zero-order valence-corrected chi connectivity index (χ0v) is 23.7. The van der Waals surface area contributed by atoms with Crippen molar-refractivity contribution in [3.05, 3.63) is 75.0 Å². The maximum Gasteiger partial charge on any atom is 0.273 e. The van der Waals surface area contributed by atoms with E-state index in [1.54, 1.807) is 16.7 Å². The predicted molar refractivity (Wildman–Crippen MR) is 145 cm³/mol. The molecule has 2 aromatic carbocycles. The van der Waals surface area contributed by atoms with Gasteiger partial charge in [-0.2, -0.15) is 5.26 Å². The Kier molecular flexibility index (Phi) is 9.73. The Hall–Kier alpha value is -2.90. The number of benzene rings is 2. The maximum atomic E-state index is 15.4. The number of carbonyl (C=O) groups excluding carboxylic acids is 1. The molecule has 0 fully saturated rings. The van der Waals surface area contributed by atoms with Crippen LogP contribution in [0.25, 0.3) is 0 Å². The number of carbonyl (C=O) groups is 1. The Labute approximate surface area is 227 Å². The molecule has 1 heterocycles. The van der Waals surface area contributed by atoms with E-state index < -0.39 is 19.8 Å². The van der Waals surface area contributed by atoms with Crippen molar-refractivity contribution >= 4 is 37.2 Å². The number of nitrogens with one attached hydrogen (secondary N) is 1. The van der Waals surface area contributed by atoms with Crippen molar-refractivity contribution in [2.45, 2.75) is 52.3 Å². The van der Waals surface area contributed by atoms with Gasteiger partial charge in [0.2, 0.25) is 0 Å². The van der Waals surface area contributed by atoms with Crippen LogP contribution in [0.2, 0.25) is 35.9 Å². The molecule has 0 unspecified atom stereocenters. The van der Waals surface area contributed by atoms with Crippen LogP contribution in [0.5, 0.6) is 11.5 Å². The zero-order valence-electron chi connectivity index (χ0n) is 21.2. The first-order valence-corrected chi connectivity index (χ1v) is 16.2. The Morgan fingerprint density at radius 1 is 1.22 bits per heavy atom. The normalized spacial score (nSPS) is 11.3. The van der Waals surface area contributed by atoms with Gasteiger partial charge in [0.25, 0.3) is 5.91 Å². The van der Waals surface area contributed by atoms with Crippen LogP contribution in [0.4, 0.5) is 4.39 Å². The molecule has 1 aromatic heterocycles. The fourth-order valence-corrected chi connectivity index (χ4v) is 4.59. The Balaban J connectivity index is 1.70. The molecule has 11 heteroatoms. The molecule has 0 aliphatic carbocycles. The lowest BCUT2D eigenvalue weighted by molar-refractivity contribution is 0.0870. The van der Waals surface area contributed by atoms with Gasteiger partial charge in [-0.25, -0.2) is 9.37 Å². The second-order valence-electron chi connectivity index (χ2n) is 9.65. The van der Waals surface area contributed by atoms with E-state index >= 15 is 4.39 Å². The largest absolute Gasteiger partial charge is 0.454 e. The number of nitriles is 1. The van der Waals surface area contributed by atoms with Crippen LogP contribution in [-0.4, -0.2) is 30.1 Å². The fraction of sp³-hybridized carbons (Fsp3) is 0.346. The van der Waals surface area contributed by atoms with Crippen LogP contribution < -0.4 is 10.1 Å². The van der Waals surface area contributed by atoms with E-state index in [-0.39, 0.29) is 41.2 Å². The molecule has 196 valence electrons. The third-order valence-corrected chi connectivity index (χ3v) is 7.83. The third-order valence-electron chi connectivity index (χ3n) is 5.51. The van der Waals surface area contributed by atoms with Crippen molar-refractivity contribution in [3.63, 3.8) is 0 Å². The number of aryl methyl sites for hydroxylation is 1. The van der Waals surface area contributed by atoms with Crippen molar-refractivity contribution < 1.29 is 18.7 Å². The molecule has 0 spiro atoms. The molecule has 0 atom stereocenters. The van der Waals surface area contributed by atoms with Gasteiger partial charge in [0, 0.05) is 31.8 Å². The summed E-state index contributed by atoms with van der Waals surface area (Å²) in [4.78, 5) is 16.8. The summed E-state index contributed by atoms with van der Waals surface area (Å²) in [6.45, 7) is 9.34. The number of imidazole rings is 1. The van der Waals surface area contributed by atoms with Crippen molar-refractivity contribution in [1.82, 2.24) is 14.9 Å². The summed E-state index contributed by atoms with van der Waals surface area (Å²) in [6.07, 6.45) is 1.95. The van der Waals surface area contributed by atoms with Crippen LogP contribution in [0.15, 0.2) is 36.7 Å². The van der Waals surface area contributed by atoms with Crippen molar-refractivity contribution in [1.29, 1.82) is 5.26 Å². The lowest BCUT2D eigenvalue weighted by Crippen LogP contribution is -2.24. The quantitative estimate of drug-likeness (QED) is 0.205. The van der Waals surface area contributed by atoms with Crippen LogP contribution >= 0.6 is 23.2 Å². The van der Waals surface area contributed by atoms with Gasteiger partial charge in [-0.05, 0) is 36.2 Å². The first kappa shape index (κ1) is 28.7. The van der Waals surface area contributed by atoms with Gasteiger partial charge in [0.1, 0.15) is 17.6 Å². The van der Waals surface area contributed by atoms with E-state index in [0.29, 0.717) is 29.2 Å². The highest BCUT2D eigenvalue weighted by Gasteiger charge is 2.20. The van der Waals surface area contributed by atoms with Gasteiger partial charge in [-0.1, -0.05) is 61.9 Å². The zero-order chi connectivity index (χ0) is 27.2. The fourth-order valence-electron chi connectivity index (χ4n) is 3.38. The molecule has 0 aliphatic rings. The Bertz CT molecular complexity index is 1320. The van der Waals surface area contributed by atoms with E-state index in [2.05, 4.69) is 29.9 Å². The highest BCUT2D eigenvalue weighted by molar-refractivity contribution is 6.76. The smallest absolute Gasteiger partial charge is 0.273 e. The lowest BCUT2D eigenvalue weighted by atomic mass is 10.1. The molecule has 1 amide bonds. The summed E-state index contributed by atoms with van der Waals surface area (Å²) in [5.41, 5.74) is 1.16. The molecule has 0 saturated carbocycles. The summed E-state index contributed by atoms with van der Waals surface area (Å²) in [7, 11) is -1.21. The molecule has 0 saturated heterocycles. The van der Waals surface area contributed by atoms with Gasteiger partial charge in [0.05, 0.1) is 18.0 Å². The molecule has 37 heavy (non-hydrogen) atoms. The van der Waals surface area contributed by atoms with Crippen LogP contribution in [0.3, 0.4) is 0 Å². The van der Waals surface area contributed by atoms with Gasteiger partial charge < -0.3 is 14.8 Å². The van der Waals surface area contributed by atoms with E-state index in [1.165, 1.54) is 24.5 Å². The average molecular weight is 564 g/mol. The number of halogens is 3. The van der Waals surface area contributed by atoms with Crippen molar-refractivity contribution in [3.8, 4) is 17.6 Å². The second-order valence-corrected chi connectivity index (χ2v) is 16.1. The number of hydrogen-bond acceptors (Lipinski definition) is 5. The van der Waals surface area contributed by atoms with Gasteiger partial charge in [0.15, 0.2) is 17.3 Å². The van der Waals surface area contributed by atoms with Crippen molar-refractivity contribution in [2.24, 2.45) is 0 Å².